The van der Waals surface area contributed by atoms with Crippen LogP contribution in [0, 0.1) is 0 Å². The summed E-state index contributed by atoms with van der Waals surface area (Å²) in [5.41, 5.74) is 2.62. The van der Waals surface area contributed by atoms with Crippen LogP contribution in [-0.2, 0) is 13.1 Å². The van der Waals surface area contributed by atoms with Crippen LogP contribution in [0.1, 0.15) is 29.5 Å². The Morgan fingerprint density at radius 1 is 1.23 bits per heavy atom. The van der Waals surface area contributed by atoms with Crippen molar-refractivity contribution in [2.24, 2.45) is 0 Å². The highest BCUT2D eigenvalue weighted by Crippen LogP contribution is 2.16. The molecule has 1 aromatic carbocycles. The lowest BCUT2D eigenvalue weighted by Crippen LogP contribution is -2.24. The average Bonchev–Trinajstić information content (AvgIpc) is 2.92. The second kappa shape index (κ2) is 6.39. The van der Waals surface area contributed by atoms with Gasteiger partial charge in [0.15, 0.2) is 0 Å². The molecule has 0 aliphatic rings. The van der Waals surface area contributed by atoms with Crippen LogP contribution in [0.2, 0.25) is 0 Å². The fraction of sp³-hybridized carbons (Fsp3) is 0.235. The first-order valence-electron chi connectivity index (χ1n) is 7.42. The van der Waals surface area contributed by atoms with Crippen molar-refractivity contribution >= 4 is 16.9 Å². The predicted molar refractivity (Wildman–Crippen MR) is 85.4 cm³/mol. The number of fused-ring (bicyclic) bond motifs is 1. The van der Waals surface area contributed by atoms with Crippen molar-refractivity contribution in [1.82, 2.24) is 19.9 Å². The fourth-order valence-electron chi connectivity index (χ4n) is 2.49. The van der Waals surface area contributed by atoms with Crippen LogP contribution in [0.4, 0.5) is 0 Å². The summed E-state index contributed by atoms with van der Waals surface area (Å²) in [6.45, 7) is 3.42. The van der Waals surface area contributed by atoms with Crippen LogP contribution in [0.15, 0.2) is 48.8 Å². The Labute approximate surface area is 129 Å². The monoisotopic (exact) mass is 294 g/mol. The van der Waals surface area contributed by atoms with Gasteiger partial charge in [-0.15, -0.1) is 0 Å². The summed E-state index contributed by atoms with van der Waals surface area (Å²) in [6.07, 6.45) is 4.23. The molecule has 1 amide bonds. The van der Waals surface area contributed by atoms with E-state index in [1.807, 2.05) is 18.2 Å². The lowest BCUT2D eigenvalue weighted by Gasteiger charge is -2.09. The van der Waals surface area contributed by atoms with E-state index in [9.17, 15) is 4.79 Å². The highest BCUT2D eigenvalue weighted by atomic mass is 16.1. The zero-order valence-electron chi connectivity index (χ0n) is 12.5. The maximum atomic E-state index is 12.1. The first kappa shape index (κ1) is 14.3. The smallest absolute Gasteiger partial charge is 0.253 e. The SMILES string of the molecule is CCCn1c(CNC(=O)c2cccnc2)nc2ccccc21. The molecule has 22 heavy (non-hydrogen) atoms. The van der Waals surface area contributed by atoms with Gasteiger partial charge in [-0.25, -0.2) is 4.98 Å². The van der Waals surface area contributed by atoms with Crippen LogP contribution >= 0.6 is 0 Å². The molecule has 0 aliphatic carbocycles. The molecule has 0 bridgehead atoms. The molecule has 0 spiro atoms. The maximum absolute atomic E-state index is 12.1. The number of pyridine rings is 1. The maximum Gasteiger partial charge on any atom is 0.253 e. The van der Waals surface area contributed by atoms with Crippen LogP contribution in [-0.4, -0.2) is 20.4 Å². The van der Waals surface area contributed by atoms with Gasteiger partial charge in [0.05, 0.1) is 23.1 Å². The minimum absolute atomic E-state index is 0.136. The van der Waals surface area contributed by atoms with E-state index in [1.54, 1.807) is 24.5 Å². The Balaban J connectivity index is 1.81. The summed E-state index contributed by atoms with van der Waals surface area (Å²) in [7, 11) is 0. The number of carbonyl (C=O) groups excluding carboxylic acids is 1. The Morgan fingerprint density at radius 2 is 2.09 bits per heavy atom. The van der Waals surface area contributed by atoms with Crippen molar-refractivity contribution in [3.63, 3.8) is 0 Å². The molecule has 5 heteroatoms. The van der Waals surface area contributed by atoms with E-state index in [4.69, 9.17) is 0 Å². The highest BCUT2D eigenvalue weighted by Gasteiger charge is 2.11. The third kappa shape index (κ3) is 2.83. The molecule has 2 aromatic heterocycles. The fourth-order valence-corrected chi connectivity index (χ4v) is 2.49. The summed E-state index contributed by atoms with van der Waals surface area (Å²) in [4.78, 5) is 20.7. The third-order valence-electron chi connectivity index (χ3n) is 3.51. The number of rotatable bonds is 5. The van der Waals surface area contributed by atoms with Crippen molar-refractivity contribution in [2.45, 2.75) is 26.4 Å². The van der Waals surface area contributed by atoms with Gasteiger partial charge in [0.25, 0.3) is 5.91 Å². The molecule has 5 nitrogen and oxygen atoms in total. The number of benzene rings is 1. The number of amides is 1. The van der Waals surface area contributed by atoms with Crippen molar-refractivity contribution in [1.29, 1.82) is 0 Å². The van der Waals surface area contributed by atoms with E-state index in [1.165, 1.54) is 0 Å². The number of para-hydroxylation sites is 2. The first-order valence-corrected chi connectivity index (χ1v) is 7.42. The Morgan fingerprint density at radius 3 is 2.86 bits per heavy atom. The molecule has 3 aromatic rings. The second-order valence-electron chi connectivity index (χ2n) is 5.09. The van der Waals surface area contributed by atoms with Gasteiger partial charge >= 0.3 is 0 Å². The normalized spacial score (nSPS) is 10.8. The molecule has 3 rings (SSSR count). The lowest BCUT2D eigenvalue weighted by atomic mass is 10.3. The Hall–Kier alpha value is -2.69. The quantitative estimate of drug-likeness (QED) is 0.787. The Bertz CT molecular complexity index is 780. The molecule has 0 unspecified atom stereocenters. The highest BCUT2D eigenvalue weighted by molar-refractivity contribution is 5.93. The van der Waals surface area contributed by atoms with E-state index < -0.39 is 0 Å². The molecule has 0 saturated carbocycles. The molecule has 0 radical (unpaired) electrons. The number of carbonyl (C=O) groups is 1. The van der Waals surface area contributed by atoms with Crippen molar-refractivity contribution in [3.8, 4) is 0 Å². The first-order chi connectivity index (χ1) is 10.8. The summed E-state index contributed by atoms with van der Waals surface area (Å²) in [5, 5.41) is 2.91. The second-order valence-corrected chi connectivity index (χ2v) is 5.09. The van der Waals surface area contributed by atoms with Crippen molar-refractivity contribution in [3.05, 3.63) is 60.2 Å². The molecule has 0 fully saturated rings. The molecule has 0 atom stereocenters. The number of aryl methyl sites for hydroxylation is 1. The van der Waals surface area contributed by atoms with Gasteiger partial charge in [0.2, 0.25) is 0 Å². The number of nitrogens with zero attached hydrogens (tertiary/aromatic N) is 3. The molecular weight excluding hydrogens is 276 g/mol. The number of nitrogens with one attached hydrogen (secondary N) is 1. The third-order valence-corrected chi connectivity index (χ3v) is 3.51. The van der Waals surface area contributed by atoms with Gasteiger partial charge in [0, 0.05) is 18.9 Å². The van der Waals surface area contributed by atoms with Crippen molar-refractivity contribution < 1.29 is 4.79 Å². The summed E-state index contributed by atoms with van der Waals surface area (Å²) >= 11 is 0. The van der Waals surface area contributed by atoms with Gasteiger partial charge in [-0.05, 0) is 30.7 Å². The van der Waals surface area contributed by atoms with E-state index in [2.05, 4.69) is 32.8 Å². The van der Waals surface area contributed by atoms with Gasteiger partial charge in [0.1, 0.15) is 5.82 Å². The van der Waals surface area contributed by atoms with Gasteiger partial charge in [-0.1, -0.05) is 19.1 Å². The van der Waals surface area contributed by atoms with E-state index in [-0.39, 0.29) is 5.91 Å². The largest absolute Gasteiger partial charge is 0.345 e. The minimum atomic E-state index is -0.136. The van der Waals surface area contributed by atoms with E-state index >= 15 is 0 Å². The van der Waals surface area contributed by atoms with Crippen LogP contribution < -0.4 is 5.32 Å². The summed E-state index contributed by atoms with van der Waals surface area (Å²) in [6, 6.07) is 11.5. The van der Waals surface area contributed by atoms with E-state index in [0.717, 1.165) is 29.8 Å². The summed E-state index contributed by atoms with van der Waals surface area (Å²) in [5.74, 6) is 0.739. The number of hydrogen-bond acceptors (Lipinski definition) is 3. The average molecular weight is 294 g/mol. The molecule has 0 saturated heterocycles. The zero-order valence-corrected chi connectivity index (χ0v) is 12.5. The topological polar surface area (TPSA) is 59.8 Å². The molecule has 1 N–H and O–H groups in total. The minimum Gasteiger partial charge on any atom is -0.345 e. The molecule has 0 aliphatic heterocycles. The standard InChI is InChI=1S/C17H18N4O/c1-2-10-21-15-8-4-3-7-14(15)20-16(21)12-19-17(22)13-6-5-9-18-11-13/h3-9,11H,2,10,12H2,1H3,(H,19,22). The predicted octanol–water partition coefficient (Wildman–Crippen LogP) is 2.77. The lowest BCUT2D eigenvalue weighted by molar-refractivity contribution is 0.0949. The zero-order chi connectivity index (χ0) is 15.4. The van der Waals surface area contributed by atoms with Crippen molar-refractivity contribution in [2.75, 3.05) is 0 Å². The van der Waals surface area contributed by atoms with Gasteiger partial charge in [-0.2, -0.15) is 0 Å². The number of hydrogen-bond donors (Lipinski definition) is 1. The number of imidazole rings is 1. The van der Waals surface area contributed by atoms with Gasteiger partial charge < -0.3 is 9.88 Å². The Kier molecular flexibility index (Phi) is 4.14. The number of aromatic nitrogens is 3. The molecular formula is C17H18N4O. The van der Waals surface area contributed by atoms with Gasteiger partial charge in [-0.3, -0.25) is 9.78 Å². The van der Waals surface area contributed by atoms with Crippen LogP contribution in [0.5, 0.6) is 0 Å². The summed E-state index contributed by atoms with van der Waals surface area (Å²) < 4.78 is 2.17. The van der Waals surface area contributed by atoms with Crippen LogP contribution in [0.25, 0.3) is 11.0 Å². The molecule has 112 valence electrons. The molecule has 2 heterocycles. The van der Waals surface area contributed by atoms with Crippen LogP contribution in [0.3, 0.4) is 0 Å². The van der Waals surface area contributed by atoms with E-state index in [0.29, 0.717) is 12.1 Å².